The second-order valence-corrected chi connectivity index (χ2v) is 15.9. The molecule has 0 spiro atoms. The molecule has 0 unspecified atom stereocenters. The summed E-state index contributed by atoms with van der Waals surface area (Å²) in [5, 5.41) is 2.34. The molecule has 0 aliphatic rings. The minimum Gasteiger partial charge on any atom is -0.544 e. The lowest BCUT2D eigenvalue weighted by atomic mass is 10.1. The topological polar surface area (TPSA) is 18.5 Å². The van der Waals surface area contributed by atoms with Crippen LogP contribution in [0.5, 0.6) is 11.5 Å². The Hall–Kier alpha value is -1.27. The van der Waals surface area contributed by atoms with Gasteiger partial charge in [-0.3, -0.25) is 0 Å². The summed E-state index contributed by atoms with van der Waals surface area (Å²) in [6, 6.07) is 12.5. The molecular weight excluding hydrogens is 280 g/mol. The maximum Gasteiger partial charge on any atom is 0.242 e. The first-order valence-corrected chi connectivity index (χ1v) is 13.9. The lowest BCUT2D eigenvalue weighted by molar-refractivity contribution is 0.538. The molecule has 4 heteroatoms. The van der Waals surface area contributed by atoms with E-state index in [-0.39, 0.29) is 0 Å². The summed E-state index contributed by atoms with van der Waals surface area (Å²) in [6.45, 7) is 13.2. The van der Waals surface area contributed by atoms with Crippen molar-refractivity contribution in [3.8, 4) is 11.5 Å². The number of benzene rings is 2. The van der Waals surface area contributed by atoms with Crippen molar-refractivity contribution in [2.24, 2.45) is 0 Å². The van der Waals surface area contributed by atoms with Gasteiger partial charge in [-0.2, -0.15) is 0 Å². The quantitative estimate of drug-likeness (QED) is 0.717. The molecule has 0 aliphatic carbocycles. The smallest absolute Gasteiger partial charge is 0.242 e. The van der Waals surface area contributed by atoms with Crippen molar-refractivity contribution in [2.75, 3.05) is 0 Å². The Balaban J connectivity index is 2.52. The number of hydrogen-bond acceptors (Lipinski definition) is 2. The van der Waals surface area contributed by atoms with E-state index < -0.39 is 16.6 Å². The van der Waals surface area contributed by atoms with Crippen LogP contribution in [0.15, 0.2) is 36.4 Å². The first-order chi connectivity index (χ1) is 9.14. The van der Waals surface area contributed by atoms with Crippen LogP contribution < -0.4 is 8.85 Å². The normalized spacial score (nSPS) is 12.5. The Morgan fingerprint density at radius 3 is 1.95 bits per heavy atom. The Morgan fingerprint density at radius 1 is 0.750 bits per heavy atom. The van der Waals surface area contributed by atoms with Crippen LogP contribution in [0.3, 0.4) is 0 Å². The number of fused-ring (bicyclic) bond motifs is 1. The highest BCUT2D eigenvalue weighted by molar-refractivity contribution is 6.71. The SMILES string of the molecule is C[Si](C)(C)Oc1cc(O[Si](C)(C)C)c2ccccc2c1. The standard InChI is InChI=1S/C16H24O2Si2/c1-19(2,3)17-14-11-13-9-7-8-10-15(13)16(12-14)18-20(4,5)6/h7-12H,1-6H3. The first-order valence-electron chi connectivity index (χ1n) is 7.05. The van der Waals surface area contributed by atoms with Crippen molar-refractivity contribution < 1.29 is 8.85 Å². The minimum absolute atomic E-state index is 0.927. The second kappa shape index (κ2) is 5.26. The molecule has 0 heterocycles. The summed E-state index contributed by atoms with van der Waals surface area (Å²) >= 11 is 0. The van der Waals surface area contributed by atoms with E-state index in [2.05, 4.69) is 75.7 Å². The fourth-order valence-corrected chi connectivity index (χ4v) is 3.73. The molecule has 0 bridgehead atoms. The average Bonchev–Trinajstić information content (AvgIpc) is 2.24. The Bertz CT molecular complexity index is 610. The Kier molecular flexibility index (Phi) is 3.98. The van der Waals surface area contributed by atoms with Crippen LogP contribution in [-0.4, -0.2) is 16.6 Å². The van der Waals surface area contributed by atoms with E-state index in [1.165, 1.54) is 5.39 Å². The molecule has 2 nitrogen and oxygen atoms in total. The summed E-state index contributed by atoms with van der Waals surface area (Å²) in [7, 11) is -3.25. The molecule has 2 rings (SSSR count). The Morgan fingerprint density at radius 2 is 1.35 bits per heavy atom. The van der Waals surface area contributed by atoms with Crippen LogP contribution >= 0.6 is 0 Å². The zero-order chi connectivity index (χ0) is 15.0. The summed E-state index contributed by atoms with van der Waals surface area (Å²) < 4.78 is 12.4. The molecule has 108 valence electrons. The van der Waals surface area contributed by atoms with E-state index in [4.69, 9.17) is 8.85 Å². The third-order valence-electron chi connectivity index (χ3n) is 2.64. The van der Waals surface area contributed by atoms with E-state index in [9.17, 15) is 0 Å². The van der Waals surface area contributed by atoms with Gasteiger partial charge in [0.2, 0.25) is 16.6 Å². The lowest BCUT2D eigenvalue weighted by Gasteiger charge is -2.24. The third-order valence-corrected chi connectivity index (χ3v) is 4.32. The fraction of sp³-hybridized carbons (Fsp3) is 0.375. The molecule has 20 heavy (non-hydrogen) atoms. The van der Waals surface area contributed by atoms with Gasteiger partial charge in [-0.1, -0.05) is 24.3 Å². The second-order valence-electron chi connectivity index (χ2n) is 7.07. The van der Waals surface area contributed by atoms with Gasteiger partial charge < -0.3 is 8.85 Å². The summed E-state index contributed by atoms with van der Waals surface area (Å²) in [4.78, 5) is 0. The monoisotopic (exact) mass is 304 g/mol. The van der Waals surface area contributed by atoms with Crippen LogP contribution in [0, 0.1) is 0 Å². The van der Waals surface area contributed by atoms with Crippen LogP contribution in [0.4, 0.5) is 0 Å². The van der Waals surface area contributed by atoms with E-state index in [0.29, 0.717) is 0 Å². The van der Waals surface area contributed by atoms with Crippen molar-refractivity contribution in [3.05, 3.63) is 36.4 Å². The summed E-state index contributed by atoms with van der Waals surface area (Å²) in [5.74, 6) is 1.88. The number of hydrogen-bond donors (Lipinski definition) is 0. The molecule has 0 aliphatic heterocycles. The molecule has 0 amide bonds. The van der Waals surface area contributed by atoms with E-state index in [0.717, 1.165) is 16.9 Å². The van der Waals surface area contributed by atoms with Crippen molar-refractivity contribution in [3.63, 3.8) is 0 Å². The maximum atomic E-state index is 6.24. The van der Waals surface area contributed by atoms with Crippen molar-refractivity contribution in [1.82, 2.24) is 0 Å². The number of rotatable bonds is 4. The molecule has 0 saturated heterocycles. The van der Waals surface area contributed by atoms with Crippen molar-refractivity contribution in [1.29, 1.82) is 0 Å². The average molecular weight is 305 g/mol. The molecule has 0 N–H and O–H groups in total. The van der Waals surface area contributed by atoms with Crippen molar-refractivity contribution in [2.45, 2.75) is 39.3 Å². The zero-order valence-electron chi connectivity index (χ0n) is 13.3. The first kappa shape index (κ1) is 15.1. The van der Waals surface area contributed by atoms with Gasteiger partial charge in [0.1, 0.15) is 11.5 Å². The van der Waals surface area contributed by atoms with Gasteiger partial charge in [-0.25, -0.2) is 0 Å². The highest BCUT2D eigenvalue weighted by Gasteiger charge is 2.20. The maximum absolute atomic E-state index is 6.24. The van der Waals surface area contributed by atoms with Crippen LogP contribution in [0.25, 0.3) is 10.8 Å². The summed E-state index contributed by atoms with van der Waals surface area (Å²) in [6.07, 6.45) is 0. The molecule has 0 radical (unpaired) electrons. The van der Waals surface area contributed by atoms with E-state index >= 15 is 0 Å². The zero-order valence-corrected chi connectivity index (χ0v) is 15.3. The predicted octanol–water partition coefficient (Wildman–Crippen LogP) is 5.27. The van der Waals surface area contributed by atoms with Gasteiger partial charge in [0.15, 0.2) is 0 Å². The molecule has 0 atom stereocenters. The molecule has 0 saturated carbocycles. The Labute approximate surface area is 124 Å². The van der Waals surface area contributed by atoms with Gasteiger partial charge in [0.05, 0.1) is 0 Å². The fourth-order valence-electron chi connectivity index (χ4n) is 2.08. The molecule has 2 aromatic rings. The minimum atomic E-state index is -1.64. The molecule has 0 fully saturated rings. The third kappa shape index (κ3) is 4.11. The van der Waals surface area contributed by atoms with E-state index in [1.807, 2.05) is 0 Å². The molecule has 2 aromatic carbocycles. The van der Waals surface area contributed by atoms with Gasteiger partial charge >= 0.3 is 0 Å². The van der Waals surface area contributed by atoms with Gasteiger partial charge in [0, 0.05) is 11.5 Å². The van der Waals surface area contributed by atoms with Crippen LogP contribution in [0.1, 0.15) is 0 Å². The molecular formula is C16H24O2Si2. The van der Waals surface area contributed by atoms with E-state index in [1.54, 1.807) is 0 Å². The predicted molar refractivity (Wildman–Crippen MR) is 91.9 cm³/mol. The lowest BCUT2D eigenvalue weighted by Crippen LogP contribution is -2.30. The van der Waals surface area contributed by atoms with Crippen LogP contribution in [-0.2, 0) is 0 Å². The van der Waals surface area contributed by atoms with Gasteiger partial charge in [-0.15, -0.1) is 0 Å². The highest BCUT2D eigenvalue weighted by atomic mass is 28.4. The van der Waals surface area contributed by atoms with Gasteiger partial charge in [0.25, 0.3) is 0 Å². The highest BCUT2D eigenvalue weighted by Crippen LogP contribution is 2.33. The van der Waals surface area contributed by atoms with Crippen molar-refractivity contribution >= 4 is 27.4 Å². The van der Waals surface area contributed by atoms with Crippen LogP contribution in [0.2, 0.25) is 39.3 Å². The molecule has 0 aromatic heterocycles. The largest absolute Gasteiger partial charge is 0.544 e. The van der Waals surface area contributed by atoms with Gasteiger partial charge in [-0.05, 0) is 50.7 Å². The summed E-state index contributed by atoms with van der Waals surface area (Å²) in [5.41, 5.74) is 0.